The van der Waals surface area contributed by atoms with Gasteiger partial charge in [-0.05, 0) is 49.3 Å². The van der Waals surface area contributed by atoms with Crippen LogP contribution in [-0.2, 0) is 0 Å². The second-order valence-electron chi connectivity index (χ2n) is 6.18. The lowest BCUT2D eigenvalue weighted by Gasteiger charge is -2.19. The molecule has 2 rings (SSSR count). The summed E-state index contributed by atoms with van der Waals surface area (Å²) in [6.07, 6.45) is 1.44. The van der Waals surface area contributed by atoms with Crippen molar-refractivity contribution in [1.82, 2.24) is 5.43 Å². The van der Waals surface area contributed by atoms with Crippen molar-refractivity contribution in [3.63, 3.8) is 0 Å². The van der Waals surface area contributed by atoms with Gasteiger partial charge >= 0.3 is 0 Å². The molecule has 0 aromatic heterocycles. The molecule has 1 aromatic rings. The Hall–Kier alpha value is -1.06. The van der Waals surface area contributed by atoms with Crippen LogP contribution in [-0.4, -0.2) is 6.10 Å². The average molecular weight is 248 g/mol. The molecule has 3 heteroatoms. The van der Waals surface area contributed by atoms with Crippen molar-refractivity contribution in [1.29, 1.82) is 0 Å². The minimum absolute atomic E-state index is 0.210. The fourth-order valence-electron chi connectivity index (χ4n) is 2.55. The van der Waals surface area contributed by atoms with Crippen LogP contribution in [0.1, 0.15) is 45.7 Å². The van der Waals surface area contributed by atoms with Gasteiger partial charge in [0.1, 0.15) is 5.75 Å². The van der Waals surface area contributed by atoms with E-state index in [2.05, 4.69) is 31.4 Å². The van der Waals surface area contributed by atoms with E-state index in [1.807, 2.05) is 26.0 Å². The second-order valence-corrected chi connectivity index (χ2v) is 6.18. The Morgan fingerprint density at radius 2 is 1.83 bits per heavy atom. The SMILES string of the molecule is CC(C)Oc1ccc(C(NN)C2CC2(C)C)cc1. The zero-order chi connectivity index (χ0) is 13.3. The van der Waals surface area contributed by atoms with E-state index in [0.717, 1.165) is 5.75 Å². The third-order valence-electron chi connectivity index (χ3n) is 3.78. The molecular weight excluding hydrogens is 224 g/mol. The first kappa shape index (κ1) is 13.4. The summed E-state index contributed by atoms with van der Waals surface area (Å²) in [6, 6.07) is 8.50. The number of hydrogen-bond donors (Lipinski definition) is 2. The van der Waals surface area contributed by atoms with Gasteiger partial charge in [-0.3, -0.25) is 11.3 Å². The highest BCUT2D eigenvalue weighted by atomic mass is 16.5. The molecule has 2 unspecified atom stereocenters. The van der Waals surface area contributed by atoms with Gasteiger partial charge in [0.05, 0.1) is 6.10 Å². The fourth-order valence-corrected chi connectivity index (χ4v) is 2.55. The first-order valence-corrected chi connectivity index (χ1v) is 6.67. The maximum absolute atomic E-state index is 5.70. The normalized spacial score (nSPS) is 22.9. The van der Waals surface area contributed by atoms with Crippen molar-refractivity contribution in [2.24, 2.45) is 17.2 Å². The topological polar surface area (TPSA) is 47.3 Å². The standard InChI is InChI=1S/C15H24N2O/c1-10(2)18-12-7-5-11(6-8-12)14(17-16)13-9-15(13,3)4/h5-8,10,13-14,17H,9,16H2,1-4H3. The molecule has 2 atom stereocenters. The minimum atomic E-state index is 0.210. The number of nitrogens with two attached hydrogens (primary N) is 1. The van der Waals surface area contributed by atoms with Gasteiger partial charge in [-0.25, -0.2) is 0 Å². The lowest BCUT2D eigenvalue weighted by molar-refractivity contribution is 0.242. The second kappa shape index (κ2) is 4.90. The van der Waals surface area contributed by atoms with Gasteiger partial charge in [-0.15, -0.1) is 0 Å². The third kappa shape index (κ3) is 2.85. The number of hydrazine groups is 1. The number of rotatable bonds is 5. The summed E-state index contributed by atoms with van der Waals surface area (Å²) in [5, 5.41) is 0. The predicted octanol–water partition coefficient (Wildman–Crippen LogP) is 3.02. The highest BCUT2D eigenvalue weighted by Crippen LogP contribution is 2.57. The Morgan fingerprint density at radius 1 is 1.28 bits per heavy atom. The molecule has 1 aliphatic carbocycles. The van der Waals surface area contributed by atoms with E-state index in [0.29, 0.717) is 11.3 Å². The Morgan fingerprint density at radius 3 is 2.22 bits per heavy atom. The summed E-state index contributed by atoms with van der Waals surface area (Å²) < 4.78 is 5.65. The summed E-state index contributed by atoms with van der Waals surface area (Å²) in [5.74, 6) is 7.25. The van der Waals surface area contributed by atoms with E-state index in [1.54, 1.807) is 0 Å². The van der Waals surface area contributed by atoms with Crippen LogP contribution in [0.2, 0.25) is 0 Å². The number of nitrogens with one attached hydrogen (secondary N) is 1. The van der Waals surface area contributed by atoms with E-state index in [9.17, 15) is 0 Å². The molecule has 0 heterocycles. The molecular formula is C15H24N2O. The molecule has 0 amide bonds. The first-order valence-electron chi connectivity index (χ1n) is 6.67. The minimum Gasteiger partial charge on any atom is -0.491 e. The van der Waals surface area contributed by atoms with Crippen molar-refractivity contribution in [2.45, 2.75) is 46.3 Å². The molecule has 3 nitrogen and oxygen atoms in total. The molecule has 0 spiro atoms. The lowest BCUT2D eigenvalue weighted by atomic mass is 9.97. The third-order valence-corrected chi connectivity index (χ3v) is 3.78. The lowest BCUT2D eigenvalue weighted by Crippen LogP contribution is -2.30. The summed E-state index contributed by atoms with van der Waals surface area (Å²) in [4.78, 5) is 0. The average Bonchev–Trinajstić information content (AvgIpc) is 2.90. The molecule has 18 heavy (non-hydrogen) atoms. The Kier molecular flexibility index (Phi) is 3.64. The molecule has 1 aliphatic rings. The quantitative estimate of drug-likeness (QED) is 0.622. The van der Waals surface area contributed by atoms with Gasteiger partial charge in [-0.1, -0.05) is 26.0 Å². The van der Waals surface area contributed by atoms with E-state index >= 15 is 0 Å². The van der Waals surface area contributed by atoms with Gasteiger partial charge < -0.3 is 4.74 Å². The fraction of sp³-hybridized carbons (Fsp3) is 0.600. The van der Waals surface area contributed by atoms with Crippen LogP contribution in [0.5, 0.6) is 5.75 Å². The monoisotopic (exact) mass is 248 g/mol. The van der Waals surface area contributed by atoms with E-state index < -0.39 is 0 Å². The molecule has 0 bridgehead atoms. The van der Waals surface area contributed by atoms with Crippen LogP contribution in [0.3, 0.4) is 0 Å². The number of ether oxygens (including phenoxy) is 1. The zero-order valence-electron chi connectivity index (χ0n) is 11.7. The van der Waals surface area contributed by atoms with Gasteiger partial charge in [0.15, 0.2) is 0 Å². The summed E-state index contributed by atoms with van der Waals surface area (Å²) in [6.45, 7) is 8.65. The van der Waals surface area contributed by atoms with Crippen molar-refractivity contribution >= 4 is 0 Å². The molecule has 1 aromatic carbocycles. The smallest absolute Gasteiger partial charge is 0.119 e. The van der Waals surface area contributed by atoms with Gasteiger partial charge in [0.2, 0.25) is 0 Å². The summed E-state index contributed by atoms with van der Waals surface area (Å²) in [7, 11) is 0. The van der Waals surface area contributed by atoms with E-state index in [-0.39, 0.29) is 12.1 Å². The van der Waals surface area contributed by atoms with Crippen molar-refractivity contribution in [3.8, 4) is 5.75 Å². The number of hydrogen-bond acceptors (Lipinski definition) is 3. The van der Waals surface area contributed by atoms with Gasteiger partial charge in [-0.2, -0.15) is 0 Å². The summed E-state index contributed by atoms with van der Waals surface area (Å²) >= 11 is 0. The molecule has 0 aliphatic heterocycles. The largest absolute Gasteiger partial charge is 0.491 e. The molecule has 1 saturated carbocycles. The first-order chi connectivity index (χ1) is 8.44. The Balaban J connectivity index is 2.08. The Labute approximate surface area is 110 Å². The molecule has 100 valence electrons. The van der Waals surface area contributed by atoms with Crippen LogP contribution in [0.4, 0.5) is 0 Å². The maximum atomic E-state index is 5.70. The van der Waals surface area contributed by atoms with Crippen molar-refractivity contribution in [2.75, 3.05) is 0 Å². The van der Waals surface area contributed by atoms with Crippen molar-refractivity contribution < 1.29 is 4.74 Å². The molecule has 0 saturated heterocycles. The number of benzene rings is 1. The van der Waals surface area contributed by atoms with Gasteiger partial charge in [0.25, 0.3) is 0 Å². The zero-order valence-corrected chi connectivity index (χ0v) is 11.7. The van der Waals surface area contributed by atoms with Crippen LogP contribution in [0.25, 0.3) is 0 Å². The highest BCUT2D eigenvalue weighted by Gasteiger charge is 2.50. The van der Waals surface area contributed by atoms with Crippen LogP contribution < -0.4 is 16.0 Å². The molecule has 1 fully saturated rings. The van der Waals surface area contributed by atoms with Crippen LogP contribution in [0, 0.1) is 11.3 Å². The van der Waals surface area contributed by atoms with Crippen LogP contribution >= 0.6 is 0 Å². The molecule has 3 N–H and O–H groups in total. The van der Waals surface area contributed by atoms with Crippen LogP contribution in [0.15, 0.2) is 24.3 Å². The maximum Gasteiger partial charge on any atom is 0.119 e. The van der Waals surface area contributed by atoms with Crippen molar-refractivity contribution in [3.05, 3.63) is 29.8 Å². The van der Waals surface area contributed by atoms with E-state index in [4.69, 9.17) is 10.6 Å². The highest BCUT2D eigenvalue weighted by molar-refractivity contribution is 5.31. The van der Waals surface area contributed by atoms with Gasteiger partial charge in [0, 0.05) is 6.04 Å². The summed E-state index contributed by atoms with van der Waals surface area (Å²) in [5.41, 5.74) is 4.60. The Bertz CT molecular complexity index is 397. The predicted molar refractivity (Wildman–Crippen MR) is 74.2 cm³/mol. The molecule has 0 radical (unpaired) electrons. The van der Waals surface area contributed by atoms with E-state index in [1.165, 1.54) is 12.0 Å².